The quantitative estimate of drug-likeness (QED) is 0.678. The van der Waals surface area contributed by atoms with Gasteiger partial charge in [0.05, 0.1) is 11.9 Å². The Morgan fingerprint density at radius 3 is 2.55 bits per heavy atom. The van der Waals surface area contributed by atoms with E-state index >= 15 is 0 Å². The molecule has 0 aliphatic rings. The fourth-order valence-electron chi connectivity index (χ4n) is 1.57. The molecule has 1 heterocycles. The smallest absolute Gasteiger partial charge is 0.271 e. The van der Waals surface area contributed by atoms with Gasteiger partial charge in [0, 0.05) is 23.4 Å². The van der Waals surface area contributed by atoms with Gasteiger partial charge in [-0.2, -0.15) is 0 Å². The molecular formula is C15H17N3OS. The molecule has 1 N–H and O–H groups in total. The van der Waals surface area contributed by atoms with Crippen molar-refractivity contribution in [2.75, 3.05) is 12.3 Å². The Morgan fingerprint density at radius 1 is 1.15 bits per heavy atom. The number of aryl methyl sites for hydroxylation is 2. The summed E-state index contributed by atoms with van der Waals surface area (Å²) in [6, 6.07) is 8.35. The molecule has 20 heavy (non-hydrogen) atoms. The number of thioether (sulfide) groups is 1. The van der Waals surface area contributed by atoms with Gasteiger partial charge in [-0.05, 0) is 26.0 Å². The maximum atomic E-state index is 11.8. The summed E-state index contributed by atoms with van der Waals surface area (Å²) in [5.41, 5.74) is 2.41. The predicted octanol–water partition coefficient (Wildman–Crippen LogP) is 2.62. The van der Waals surface area contributed by atoms with Gasteiger partial charge >= 0.3 is 0 Å². The third-order valence-corrected chi connectivity index (χ3v) is 3.70. The van der Waals surface area contributed by atoms with Crippen molar-refractivity contribution in [1.29, 1.82) is 0 Å². The van der Waals surface area contributed by atoms with E-state index in [1.807, 2.05) is 6.92 Å². The van der Waals surface area contributed by atoms with Crippen LogP contribution in [-0.4, -0.2) is 28.2 Å². The van der Waals surface area contributed by atoms with Crippen LogP contribution in [0, 0.1) is 13.8 Å². The zero-order valence-electron chi connectivity index (χ0n) is 11.6. The van der Waals surface area contributed by atoms with Gasteiger partial charge in [0.15, 0.2) is 0 Å². The molecule has 5 heteroatoms. The summed E-state index contributed by atoms with van der Waals surface area (Å²) >= 11 is 1.72. The number of carbonyl (C=O) groups excluding carboxylic acids is 1. The number of hydrogen-bond acceptors (Lipinski definition) is 4. The van der Waals surface area contributed by atoms with E-state index in [-0.39, 0.29) is 5.91 Å². The molecule has 0 saturated carbocycles. The van der Waals surface area contributed by atoms with E-state index in [0.29, 0.717) is 12.2 Å². The van der Waals surface area contributed by atoms with Gasteiger partial charge in [-0.3, -0.25) is 9.78 Å². The minimum Gasteiger partial charge on any atom is -0.350 e. The first-order chi connectivity index (χ1) is 9.65. The van der Waals surface area contributed by atoms with Crippen LogP contribution >= 0.6 is 11.8 Å². The van der Waals surface area contributed by atoms with Crippen molar-refractivity contribution >= 4 is 17.7 Å². The maximum Gasteiger partial charge on any atom is 0.271 e. The third kappa shape index (κ3) is 4.35. The monoisotopic (exact) mass is 287 g/mol. The molecule has 0 unspecified atom stereocenters. The highest BCUT2D eigenvalue weighted by molar-refractivity contribution is 7.99. The SMILES string of the molecule is Cc1ccc(SCCNC(=O)c2cnc(C)cn2)cc1. The van der Waals surface area contributed by atoms with E-state index in [1.165, 1.54) is 16.7 Å². The standard InChI is InChI=1S/C15H17N3OS/c1-11-3-5-13(6-4-11)20-8-7-16-15(19)14-10-17-12(2)9-18-14/h3-6,9-10H,7-8H2,1-2H3,(H,16,19). The molecule has 0 radical (unpaired) electrons. The summed E-state index contributed by atoms with van der Waals surface area (Å²) in [6.45, 7) is 4.51. The number of nitrogens with one attached hydrogen (secondary N) is 1. The number of carbonyl (C=O) groups is 1. The van der Waals surface area contributed by atoms with Crippen LogP contribution in [0.1, 0.15) is 21.7 Å². The van der Waals surface area contributed by atoms with Crippen LogP contribution in [0.2, 0.25) is 0 Å². The molecule has 1 aromatic heterocycles. The lowest BCUT2D eigenvalue weighted by Gasteiger charge is -2.05. The maximum absolute atomic E-state index is 11.8. The Morgan fingerprint density at radius 2 is 1.90 bits per heavy atom. The molecule has 4 nitrogen and oxygen atoms in total. The normalized spacial score (nSPS) is 10.3. The van der Waals surface area contributed by atoms with E-state index in [1.54, 1.807) is 18.0 Å². The van der Waals surface area contributed by atoms with Crippen molar-refractivity contribution in [1.82, 2.24) is 15.3 Å². The molecule has 0 spiro atoms. The predicted molar refractivity (Wildman–Crippen MR) is 81.0 cm³/mol. The van der Waals surface area contributed by atoms with E-state index in [9.17, 15) is 4.79 Å². The van der Waals surface area contributed by atoms with Crippen molar-refractivity contribution in [3.05, 3.63) is 53.6 Å². The van der Waals surface area contributed by atoms with Gasteiger partial charge in [-0.25, -0.2) is 4.98 Å². The first-order valence-electron chi connectivity index (χ1n) is 6.41. The van der Waals surface area contributed by atoms with E-state index in [0.717, 1.165) is 11.4 Å². The number of nitrogens with zero attached hydrogens (tertiary/aromatic N) is 2. The number of hydrogen-bond donors (Lipinski definition) is 1. The van der Waals surface area contributed by atoms with Crippen molar-refractivity contribution in [3.63, 3.8) is 0 Å². The zero-order chi connectivity index (χ0) is 14.4. The second kappa shape index (κ2) is 7.05. The van der Waals surface area contributed by atoms with Crippen LogP contribution in [0.5, 0.6) is 0 Å². The molecule has 0 bridgehead atoms. The van der Waals surface area contributed by atoms with Gasteiger partial charge in [0.1, 0.15) is 5.69 Å². The lowest BCUT2D eigenvalue weighted by molar-refractivity contribution is 0.0951. The van der Waals surface area contributed by atoms with Crippen molar-refractivity contribution in [2.24, 2.45) is 0 Å². The zero-order valence-corrected chi connectivity index (χ0v) is 12.4. The van der Waals surface area contributed by atoms with Crippen LogP contribution in [0.15, 0.2) is 41.6 Å². The largest absolute Gasteiger partial charge is 0.350 e. The number of aromatic nitrogens is 2. The third-order valence-electron chi connectivity index (χ3n) is 2.69. The number of benzene rings is 1. The number of rotatable bonds is 5. The van der Waals surface area contributed by atoms with Gasteiger partial charge in [0.25, 0.3) is 5.91 Å². The highest BCUT2D eigenvalue weighted by Gasteiger charge is 2.06. The highest BCUT2D eigenvalue weighted by atomic mass is 32.2. The molecule has 0 fully saturated rings. The molecule has 0 aliphatic carbocycles. The Hall–Kier alpha value is -1.88. The Balaban J connectivity index is 1.74. The fourth-order valence-corrected chi connectivity index (χ4v) is 2.34. The van der Waals surface area contributed by atoms with Gasteiger partial charge in [-0.1, -0.05) is 17.7 Å². The Kier molecular flexibility index (Phi) is 5.12. The summed E-state index contributed by atoms with van der Waals surface area (Å²) in [6.07, 6.45) is 3.09. The molecule has 1 aromatic carbocycles. The van der Waals surface area contributed by atoms with Crippen LogP contribution in [-0.2, 0) is 0 Å². The van der Waals surface area contributed by atoms with Gasteiger partial charge in [-0.15, -0.1) is 11.8 Å². The molecule has 2 rings (SSSR count). The van der Waals surface area contributed by atoms with Crippen LogP contribution in [0.25, 0.3) is 0 Å². The lowest BCUT2D eigenvalue weighted by Crippen LogP contribution is -2.26. The van der Waals surface area contributed by atoms with E-state index < -0.39 is 0 Å². The van der Waals surface area contributed by atoms with Gasteiger partial charge in [0.2, 0.25) is 0 Å². The first kappa shape index (κ1) is 14.5. The van der Waals surface area contributed by atoms with Gasteiger partial charge < -0.3 is 5.32 Å². The average molecular weight is 287 g/mol. The first-order valence-corrected chi connectivity index (χ1v) is 7.40. The lowest BCUT2D eigenvalue weighted by atomic mass is 10.2. The second-order valence-corrected chi connectivity index (χ2v) is 5.63. The second-order valence-electron chi connectivity index (χ2n) is 4.46. The molecule has 1 amide bonds. The molecular weight excluding hydrogens is 270 g/mol. The van der Waals surface area contributed by atoms with E-state index in [2.05, 4.69) is 46.5 Å². The van der Waals surface area contributed by atoms with Crippen molar-refractivity contribution < 1.29 is 4.79 Å². The minimum atomic E-state index is -0.179. The summed E-state index contributed by atoms with van der Waals surface area (Å²) < 4.78 is 0. The highest BCUT2D eigenvalue weighted by Crippen LogP contribution is 2.17. The Labute approximate surface area is 123 Å². The summed E-state index contributed by atoms with van der Waals surface area (Å²) in [5, 5.41) is 2.84. The van der Waals surface area contributed by atoms with Crippen LogP contribution in [0.4, 0.5) is 0 Å². The summed E-state index contributed by atoms with van der Waals surface area (Å²) in [4.78, 5) is 21.1. The summed E-state index contributed by atoms with van der Waals surface area (Å²) in [5.74, 6) is 0.649. The molecule has 104 valence electrons. The van der Waals surface area contributed by atoms with E-state index in [4.69, 9.17) is 0 Å². The molecule has 0 aliphatic heterocycles. The van der Waals surface area contributed by atoms with Crippen LogP contribution < -0.4 is 5.32 Å². The minimum absolute atomic E-state index is 0.179. The van der Waals surface area contributed by atoms with Crippen LogP contribution in [0.3, 0.4) is 0 Å². The Bertz CT molecular complexity index is 567. The molecule has 2 aromatic rings. The van der Waals surface area contributed by atoms with Crippen molar-refractivity contribution in [3.8, 4) is 0 Å². The van der Waals surface area contributed by atoms with Crippen molar-refractivity contribution in [2.45, 2.75) is 18.7 Å². The molecule has 0 saturated heterocycles. The topological polar surface area (TPSA) is 54.9 Å². The average Bonchev–Trinajstić information content (AvgIpc) is 2.46. The fraction of sp³-hybridized carbons (Fsp3) is 0.267. The number of amides is 1. The summed E-state index contributed by atoms with van der Waals surface area (Å²) in [7, 11) is 0. The molecule has 0 atom stereocenters.